The average Bonchev–Trinajstić information content (AvgIpc) is 3.48. The number of halogens is 2. The Morgan fingerprint density at radius 1 is 1.22 bits per heavy atom. The molecule has 0 radical (unpaired) electrons. The summed E-state index contributed by atoms with van der Waals surface area (Å²) < 4.78 is 44.3. The van der Waals surface area contributed by atoms with E-state index in [0.717, 1.165) is 16.8 Å². The van der Waals surface area contributed by atoms with Crippen molar-refractivity contribution in [3.8, 4) is 5.69 Å². The van der Waals surface area contributed by atoms with Crippen molar-refractivity contribution in [2.75, 3.05) is 19.7 Å². The Morgan fingerprint density at radius 2 is 1.98 bits per heavy atom. The highest BCUT2D eigenvalue weighted by Gasteiger charge is 2.77. The third-order valence-corrected chi connectivity index (χ3v) is 12.2. The van der Waals surface area contributed by atoms with Crippen LogP contribution in [0.3, 0.4) is 0 Å². The van der Waals surface area contributed by atoms with Crippen LogP contribution in [0.4, 0.5) is 8.78 Å². The van der Waals surface area contributed by atoms with Gasteiger partial charge in [-0.05, 0) is 79.6 Å². The number of hydrogen-bond acceptors (Lipinski definition) is 8. The van der Waals surface area contributed by atoms with Crippen LogP contribution in [0.5, 0.6) is 0 Å². The van der Waals surface area contributed by atoms with Crippen LogP contribution in [0.2, 0.25) is 0 Å². The van der Waals surface area contributed by atoms with Crippen molar-refractivity contribution in [1.82, 2.24) is 9.78 Å². The molecule has 0 saturated heterocycles. The van der Waals surface area contributed by atoms with Crippen molar-refractivity contribution in [2.45, 2.75) is 70.2 Å². The molecule has 1 heterocycles. The first-order valence-corrected chi connectivity index (χ1v) is 16.2. The van der Waals surface area contributed by atoms with Crippen LogP contribution >= 0.6 is 11.8 Å². The largest absolute Gasteiger partial charge is 0.478 e. The minimum absolute atomic E-state index is 0.125. The summed E-state index contributed by atoms with van der Waals surface area (Å²) in [6, 6.07) is 5.45. The number of carboxylic acid groups (broad SMARTS) is 1. The number of nitrogens with zero attached hydrogens (tertiary/aromatic N) is 2. The predicted octanol–water partition coefficient (Wildman–Crippen LogP) is 5.18. The lowest BCUT2D eigenvalue weighted by molar-refractivity contribution is -0.231. The van der Waals surface area contributed by atoms with Crippen molar-refractivity contribution in [3.05, 3.63) is 52.9 Å². The molecule has 12 heteroatoms. The second-order valence-corrected chi connectivity index (χ2v) is 14.4. The third-order valence-electron chi connectivity index (χ3n) is 11.5. The molecule has 6 rings (SSSR count). The van der Waals surface area contributed by atoms with Crippen LogP contribution in [0.1, 0.15) is 68.1 Å². The van der Waals surface area contributed by atoms with E-state index in [1.807, 2.05) is 13.0 Å². The Morgan fingerprint density at radius 3 is 2.67 bits per heavy atom. The molecule has 8 unspecified atom stereocenters. The molecule has 0 aliphatic heterocycles. The number of alkyl halides is 2. The van der Waals surface area contributed by atoms with Crippen LogP contribution in [0.25, 0.3) is 11.8 Å². The number of aromatic carboxylic acids is 1. The number of aliphatic hydroxyl groups excluding tert-OH is 1. The van der Waals surface area contributed by atoms with Gasteiger partial charge in [0.05, 0.1) is 29.2 Å². The van der Waals surface area contributed by atoms with E-state index in [4.69, 9.17) is 9.47 Å². The number of methoxy groups -OCH3 is 1. The molecular formula is C33H38F2N2O7S. The van der Waals surface area contributed by atoms with Crippen LogP contribution in [-0.4, -0.2) is 74.1 Å². The molecule has 3 saturated carbocycles. The fourth-order valence-corrected chi connectivity index (χ4v) is 10.3. The molecule has 0 amide bonds. The van der Waals surface area contributed by atoms with Gasteiger partial charge in [-0.15, -0.1) is 0 Å². The summed E-state index contributed by atoms with van der Waals surface area (Å²) in [5.74, 6) is -3.45. The van der Waals surface area contributed by atoms with Gasteiger partial charge in [0.2, 0.25) is 5.12 Å². The lowest BCUT2D eigenvalue weighted by Gasteiger charge is -2.63. The molecule has 8 atom stereocenters. The Hall–Kier alpha value is -3.09. The lowest BCUT2D eigenvalue weighted by Crippen LogP contribution is -2.70. The zero-order valence-electron chi connectivity index (χ0n) is 25.7. The molecule has 3 fully saturated rings. The number of aromatic nitrogens is 2. The van der Waals surface area contributed by atoms with Crippen LogP contribution in [0.15, 0.2) is 36.0 Å². The van der Waals surface area contributed by atoms with E-state index in [0.29, 0.717) is 36.7 Å². The molecule has 4 aliphatic rings. The zero-order valence-corrected chi connectivity index (χ0v) is 26.5. The molecule has 4 aliphatic carbocycles. The molecule has 2 N–H and O–H groups in total. The summed E-state index contributed by atoms with van der Waals surface area (Å²) in [6.07, 6.45) is 3.50. The molecule has 45 heavy (non-hydrogen) atoms. The molecule has 242 valence electrons. The number of thioether (sulfide) groups is 1. The van der Waals surface area contributed by atoms with Gasteiger partial charge in [0.1, 0.15) is 18.3 Å². The minimum Gasteiger partial charge on any atom is -0.478 e. The monoisotopic (exact) mass is 644 g/mol. The maximum Gasteiger partial charge on any atom is 0.335 e. The first-order valence-electron chi connectivity index (χ1n) is 15.2. The van der Waals surface area contributed by atoms with Gasteiger partial charge < -0.3 is 19.7 Å². The number of carboxylic acids is 1. The van der Waals surface area contributed by atoms with E-state index in [1.54, 1.807) is 36.9 Å². The van der Waals surface area contributed by atoms with Gasteiger partial charge in [0, 0.05) is 29.8 Å². The second-order valence-electron chi connectivity index (χ2n) is 13.5. The summed E-state index contributed by atoms with van der Waals surface area (Å²) in [6.45, 7) is 5.01. The molecule has 0 bridgehead atoms. The number of allylic oxidation sites excluding steroid dienone is 1. The molecular weight excluding hydrogens is 606 g/mol. The number of benzene rings is 1. The number of rotatable bonds is 7. The fourth-order valence-electron chi connectivity index (χ4n) is 9.53. The van der Waals surface area contributed by atoms with Crippen LogP contribution in [-0.2, 0) is 25.5 Å². The normalized spacial score (nSPS) is 36.6. The topological polar surface area (TPSA) is 128 Å². The van der Waals surface area contributed by atoms with Crippen molar-refractivity contribution >= 4 is 34.9 Å². The SMILES string of the molecule is COCC(=O)OC1(C(=O)SCF)C(C)CC2C3CCC4=Cc5c(cnn5-c5cccc(C(=O)O)c5)CC4(C)C3(F)C(O)CC21C. The maximum absolute atomic E-state index is 18.2. The number of carbonyl (C=O) groups is 3. The highest BCUT2D eigenvalue weighted by molar-refractivity contribution is 8.13. The van der Waals surface area contributed by atoms with Gasteiger partial charge in [-0.2, -0.15) is 5.10 Å². The number of ether oxygens (including phenoxy) is 2. The Labute approximate surface area is 264 Å². The third kappa shape index (κ3) is 4.31. The van der Waals surface area contributed by atoms with Crippen molar-refractivity contribution in [3.63, 3.8) is 0 Å². The minimum atomic E-state index is -2.08. The first-order chi connectivity index (χ1) is 21.3. The average molecular weight is 645 g/mol. The van der Waals surface area contributed by atoms with Gasteiger partial charge in [0.25, 0.3) is 0 Å². The van der Waals surface area contributed by atoms with Gasteiger partial charge >= 0.3 is 11.9 Å². The summed E-state index contributed by atoms with van der Waals surface area (Å²) in [5, 5.41) is 25.3. The lowest BCUT2D eigenvalue weighted by atomic mass is 9.44. The van der Waals surface area contributed by atoms with E-state index < -0.39 is 75.6 Å². The number of esters is 1. The summed E-state index contributed by atoms with van der Waals surface area (Å²) in [7, 11) is 1.33. The Bertz CT molecular complexity index is 1600. The van der Waals surface area contributed by atoms with Gasteiger partial charge in [0.15, 0.2) is 5.60 Å². The van der Waals surface area contributed by atoms with E-state index in [1.165, 1.54) is 19.2 Å². The second kappa shape index (κ2) is 11.0. The molecule has 1 aromatic heterocycles. The molecule has 2 aromatic rings. The van der Waals surface area contributed by atoms with E-state index in [9.17, 15) is 29.0 Å². The highest BCUT2D eigenvalue weighted by atomic mass is 32.2. The molecule has 0 spiro atoms. The maximum atomic E-state index is 18.2. The summed E-state index contributed by atoms with van der Waals surface area (Å²) in [4.78, 5) is 38.1. The Kier molecular flexibility index (Phi) is 7.80. The fraction of sp³-hybridized carbons (Fsp3) is 0.576. The van der Waals surface area contributed by atoms with Crippen molar-refractivity contribution in [2.24, 2.45) is 28.6 Å². The smallest absolute Gasteiger partial charge is 0.335 e. The van der Waals surface area contributed by atoms with Gasteiger partial charge in [-0.3, -0.25) is 4.79 Å². The van der Waals surface area contributed by atoms with Gasteiger partial charge in [-0.25, -0.2) is 23.1 Å². The van der Waals surface area contributed by atoms with Crippen molar-refractivity contribution in [1.29, 1.82) is 0 Å². The standard InChI is InChI=1S/C33H38F2N2O7S/c1-18-10-24-23-9-8-21-12-25-20(15-36-37(25)22-7-5-6-19(11-22)28(40)41)13-30(21,2)32(23,35)26(38)14-31(24,3)33(18,29(42)45-17-34)44-27(39)16-43-4/h5-7,11-12,15,18,23-24,26,38H,8-10,13-14,16-17H2,1-4H3,(H,40,41). The number of hydrogen-bond donors (Lipinski definition) is 2. The number of fused-ring (bicyclic) bond motifs is 6. The number of aliphatic hydroxyl groups is 1. The van der Waals surface area contributed by atoms with E-state index in [2.05, 4.69) is 5.10 Å². The summed E-state index contributed by atoms with van der Waals surface area (Å²) >= 11 is 0.438. The Balaban J connectivity index is 1.40. The molecule has 1 aromatic carbocycles. The predicted molar refractivity (Wildman–Crippen MR) is 162 cm³/mol. The quantitative estimate of drug-likeness (QED) is 0.392. The zero-order chi connectivity index (χ0) is 32.5. The first kappa shape index (κ1) is 31.9. The van der Waals surface area contributed by atoms with E-state index >= 15 is 4.39 Å². The summed E-state index contributed by atoms with van der Waals surface area (Å²) in [5.41, 5.74) is -3.02. The molecule has 9 nitrogen and oxygen atoms in total. The van der Waals surface area contributed by atoms with Crippen molar-refractivity contribution < 1.29 is 42.9 Å². The van der Waals surface area contributed by atoms with Crippen LogP contribution in [0, 0.1) is 28.6 Å². The highest BCUT2D eigenvalue weighted by Crippen LogP contribution is 2.72. The van der Waals surface area contributed by atoms with E-state index in [-0.39, 0.29) is 18.4 Å². The number of carbonyl (C=O) groups excluding carboxylic acids is 2. The van der Waals surface area contributed by atoms with Gasteiger partial charge in [-0.1, -0.05) is 32.4 Å². The van der Waals surface area contributed by atoms with Crippen LogP contribution < -0.4 is 0 Å².